The second-order valence-corrected chi connectivity index (χ2v) is 10.4. The van der Waals surface area contributed by atoms with Crippen molar-refractivity contribution in [2.75, 3.05) is 38.9 Å². The van der Waals surface area contributed by atoms with Gasteiger partial charge in [0.25, 0.3) is 0 Å². The molecule has 202 valence electrons. The van der Waals surface area contributed by atoms with Gasteiger partial charge in [0.15, 0.2) is 11.5 Å². The summed E-state index contributed by atoms with van der Waals surface area (Å²) in [6, 6.07) is 10.4. The Hall–Kier alpha value is -3.51. The monoisotopic (exact) mass is 543 g/mol. The third-order valence-electron chi connectivity index (χ3n) is 6.91. The highest BCUT2D eigenvalue weighted by Gasteiger charge is 2.50. The first-order valence-electron chi connectivity index (χ1n) is 12.4. The fraction of sp³-hybridized carbons (Fsp3) is 0.423. The fourth-order valence-electron chi connectivity index (χ4n) is 5.07. The Bertz CT molecular complexity index is 1220. The highest BCUT2D eigenvalue weighted by Crippen LogP contribution is 2.34. The Labute approximate surface area is 224 Å². The molecular formula is C26H30FN5O5S. The number of nitrogens with zero attached hydrogens (tertiary/aromatic N) is 4. The number of ether oxygens (including phenoxy) is 2. The molecule has 0 aliphatic carbocycles. The molecule has 0 unspecified atom stereocenters. The average molecular weight is 544 g/mol. The van der Waals surface area contributed by atoms with Crippen LogP contribution in [0.2, 0.25) is 0 Å². The standard InChI is InChI=1S/C26H30FN5O5S/c1-29-15-24(33)31-20(9-10-38-2)25(34)30(13-18-5-8-21-22(11-18)37-16-36-21)14-23(31)32(29)26(35)28-12-17-3-6-19(27)7-4-17/h3-8,11,20,23H,9-10,12-16H2,1-2H3,(H,28,35)/t20-,23-/m0/s1. The molecule has 0 radical (unpaired) electrons. The van der Waals surface area contributed by atoms with Crippen molar-refractivity contribution in [1.82, 2.24) is 25.1 Å². The maximum Gasteiger partial charge on any atom is 0.334 e. The van der Waals surface area contributed by atoms with E-state index in [4.69, 9.17) is 9.47 Å². The Kier molecular flexibility index (Phi) is 7.61. The van der Waals surface area contributed by atoms with Crippen LogP contribution in [0, 0.1) is 5.82 Å². The van der Waals surface area contributed by atoms with Crippen LogP contribution in [0.3, 0.4) is 0 Å². The summed E-state index contributed by atoms with van der Waals surface area (Å²) in [6.07, 6.45) is 1.76. The van der Waals surface area contributed by atoms with Crippen LogP contribution < -0.4 is 14.8 Å². The second-order valence-electron chi connectivity index (χ2n) is 9.43. The van der Waals surface area contributed by atoms with Crippen molar-refractivity contribution in [3.05, 3.63) is 59.4 Å². The number of amides is 4. The molecule has 3 aliphatic rings. The molecule has 5 rings (SSSR count). The SMILES string of the molecule is CSCC[C@H]1C(=O)N(Cc2ccc3c(c2)OCO3)C[C@H]2N1C(=O)CN(C)N2C(=O)NCc1ccc(F)cc1. The number of rotatable bonds is 7. The molecule has 0 spiro atoms. The number of hydrazine groups is 1. The van der Waals surface area contributed by atoms with Crippen LogP contribution in [-0.4, -0.2) is 88.8 Å². The molecule has 2 fully saturated rings. The molecule has 0 bridgehead atoms. The molecular weight excluding hydrogens is 513 g/mol. The van der Waals surface area contributed by atoms with Gasteiger partial charge < -0.3 is 24.6 Å². The quantitative estimate of drug-likeness (QED) is 0.573. The van der Waals surface area contributed by atoms with E-state index in [1.165, 1.54) is 17.1 Å². The van der Waals surface area contributed by atoms with Crippen LogP contribution in [0.1, 0.15) is 17.5 Å². The summed E-state index contributed by atoms with van der Waals surface area (Å²) < 4.78 is 24.2. The van der Waals surface area contributed by atoms with Gasteiger partial charge in [-0.05, 0) is 53.8 Å². The van der Waals surface area contributed by atoms with Gasteiger partial charge in [0.2, 0.25) is 18.6 Å². The highest BCUT2D eigenvalue weighted by atomic mass is 32.2. The summed E-state index contributed by atoms with van der Waals surface area (Å²) >= 11 is 1.60. The van der Waals surface area contributed by atoms with Gasteiger partial charge in [-0.2, -0.15) is 11.8 Å². The minimum Gasteiger partial charge on any atom is -0.454 e. The van der Waals surface area contributed by atoms with Gasteiger partial charge in [0, 0.05) is 20.1 Å². The van der Waals surface area contributed by atoms with Gasteiger partial charge in [-0.3, -0.25) is 9.59 Å². The zero-order valence-corrected chi connectivity index (χ0v) is 22.1. The number of hydrogen-bond acceptors (Lipinski definition) is 7. The van der Waals surface area contributed by atoms with Crippen LogP contribution in [0.5, 0.6) is 11.5 Å². The summed E-state index contributed by atoms with van der Waals surface area (Å²) in [5.41, 5.74) is 1.61. The first-order chi connectivity index (χ1) is 18.4. The summed E-state index contributed by atoms with van der Waals surface area (Å²) in [7, 11) is 1.68. The number of piperazine rings is 1. The minimum absolute atomic E-state index is 0.0221. The number of fused-ring (bicyclic) bond motifs is 2. The van der Waals surface area contributed by atoms with E-state index in [1.54, 1.807) is 45.8 Å². The Balaban J connectivity index is 1.39. The van der Waals surface area contributed by atoms with E-state index in [2.05, 4.69) is 5.32 Å². The molecule has 4 amide bonds. The third-order valence-corrected chi connectivity index (χ3v) is 7.55. The number of nitrogens with one attached hydrogen (secondary N) is 1. The first-order valence-corrected chi connectivity index (χ1v) is 13.7. The van der Waals surface area contributed by atoms with Crippen molar-refractivity contribution >= 4 is 29.6 Å². The van der Waals surface area contributed by atoms with E-state index >= 15 is 0 Å². The van der Waals surface area contributed by atoms with Gasteiger partial charge in [-0.15, -0.1) is 0 Å². The second kappa shape index (κ2) is 11.1. The fourth-order valence-corrected chi connectivity index (χ4v) is 5.53. The number of hydrogen-bond donors (Lipinski definition) is 1. The number of urea groups is 1. The van der Waals surface area contributed by atoms with Crippen molar-refractivity contribution in [2.24, 2.45) is 0 Å². The smallest absolute Gasteiger partial charge is 0.334 e. The van der Waals surface area contributed by atoms with Crippen LogP contribution in [-0.2, 0) is 22.7 Å². The lowest BCUT2D eigenvalue weighted by atomic mass is 10.0. The summed E-state index contributed by atoms with van der Waals surface area (Å²) in [4.78, 5) is 43.6. The molecule has 2 aromatic rings. The van der Waals surface area contributed by atoms with Gasteiger partial charge in [0.1, 0.15) is 18.0 Å². The number of halogens is 1. The van der Waals surface area contributed by atoms with Gasteiger partial charge in [-0.1, -0.05) is 18.2 Å². The van der Waals surface area contributed by atoms with E-state index < -0.39 is 18.2 Å². The number of thioether (sulfide) groups is 1. The van der Waals surface area contributed by atoms with Gasteiger partial charge >= 0.3 is 6.03 Å². The first kappa shape index (κ1) is 26.1. The molecule has 2 aromatic carbocycles. The molecule has 12 heteroatoms. The number of benzene rings is 2. The maximum absolute atomic E-state index is 13.7. The molecule has 0 aromatic heterocycles. The van der Waals surface area contributed by atoms with Gasteiger partial charge in [0.05, 0.1) is 13.1 Å². The van der Waals surface area contributed by atoms with E-state index in [0.29, 0.717) is 30.2 Å². The predicted octanol–water partition coefficient (Wildman–Crippen LogP) is 2.25. The van der Waals surface area contributed by atoms with Crippen molar-refractivity contribution in [3.63, 3.8) is 0 Å². The topological polar surface area (TPSA) is 94.7 Å². The lowest BCUT2D eigenvalue weighted by Gasteiger charge is -2.54. The Morgan fingerprint density at radius 2 is 1.84 bits per heavy atom. The van der Waals surface area contributed by atoms with Crippen molar-refractivity contribution < 1.29 is 28.2 Å². The van der Waals surface area contributed by atoms with Gasteiger partial charge in [-0.25, -0.2) is 19.2 Å². The third kappa shape index (κ3) is 5.23. The van der Waals surface area contributed by atoms with E-state index in [1.807, 2.05) is 24.5 Å². The number of carbonyl (C=O) groups is 3. The average Bonchev–Trinajstić information content (AvgIpc) is 3.36. The molecule has 0 saturated carbocycles. The Morgan fingerprint density at radius 3 is 2.61 bits per heavy atom. The molecule has 10 nitrogen and oxygen atoms in total. The van der Waals surface area contributed by atoms with E-state index in [9.17, 15) is 18.8 Å². The van der Waals surface area contributed by atoms with Crippen molar-refractivity contribution in [2.45, 2.75) is 31.7 Å². The highest BCUT2D eigenvalue weighted by molar-refractivity contribution is 7.98. The summed E-state index contributed by atoms with van der Waals surface area (Å²) in [5.74, 6) is 1.29. The number of likely N-dealkylation sites (N-methyl/N-ethyl adjacent to an activating group) is 1. The zero-order chi connectivity index (χ0) is 26.8. The normalized spacial score (nSPS) is 21.1. The maximum atomic E-state index is 13.7. The molecule has 38 heavy (non-hydrogen) atoms. The summed E-state index contributed by atoms with van der Waals surface area (Å²) in [6.45, 7) is 0.790. The lowest BCUT2D eigenvalue weighted by Crippen LogP contribution is -2.75. The largest absolute Gasteiger partial charge is 0.454 e. The van der Waals surface area contributed by atoms with Crippen LogP contribution in [0.15, 0.2) is 42.5 Å². The Morgan fingerprint density at radius 1 is 1.11 bits per heavy atom. The lowest BCUT2D eigenvalue weighted by molar-refractivity contribution is -0.187. The van der Waals surface area contributed by atoms with Crippen molar-refractivity contribution in [3.8, 4) is 11.5 Å². The van der Waals surface area contributed by atoms with E-state index in [0.717, 1.165) is 11.1 Å². The number of carbonyl (C=O) groups excluding carboxylic acids is 3. The van der Waals surface area contributed by atoms with Crippen LogP contribution in [0.25, 0.3) is 0 Å². The molecule has 3 heterocycles. The predicted molar refractivity (Wildman–Crippen MR) is 139 cm³/mol. The van der Waals surface area contributed by atoms with E-state index in [-0.39, 0.29) is 44.1 Å². The molecule has 3 aliphatic heterocycles. The summed E-state index contributed by atoms with van der Waals surface area (Å²) in [5, 5.41) is 5.97. The van der Waals surface area contributed by atoms with Crippen LogP contribution >= 0.6 is 11.8 Å². The molecule has 2 atom stereocenters. The van der Waals surface area contributed by atoms with Crippen LogP contribution in [0.4, 0.5) is 9.18 Å². The zero-order valence-electron chi connectivity index (χ0n) is 21.3. The molecule has 2 saturated heterocycles. The molecule has 1 N–H and O–H groups in total. The minimum atomic E-state index is -0.677. The van der Waals surface area contributed by atoms with Crippen molar-refractivity contribution in [1.29, 1.82) is 0 Å².